The lowest BCUT2D eigenvalue weighted by Crippen LogP contribution is -2.29. The van der Waals surface area contributed by atoms with Gasteiger partial charge in [0.05, 0.1) is 11.4 Å². The lowest BCUT2D eigenvalue weighted by molar-refractivity contribution is -0.122. The quantitative estimate of drug-likeness (QED) is 0.575. The minimum Gasteiger partial charge on any atom is -0.397 e. The smallest absolute Gasteiger partial charge is 0.223 e. The lowest BCUT2D eigenvalue weighted by atomic mass is 10.2. The van der Waals surface area contributed by atoms with Gasteiger partial charge in [-0.25, -0.2) is 0 Å². The number of carbonyl (C=O) groups excluding carboxylic acids is 1. The van der Waals surface area contributed by atoms with Crippen LogP contribution in [0.5, 0.6) is 0 Å². The second-order valence-electron chi connectivity index (χ2n) is 4.22. The molecule has 0 spiro atoms. The van der Waals surface area contributed by atoms with Crippen molar-refractivity contribution in [2.45, 2.75) is 12.8 Å². The van der Waals surface area contributed by atoms with E-state index >= 15 is 0 Å². The van der Waals surface area contributed by atoms with Gasteiger partial charge >= 0.3 is 0 Å². The molecule has 0 saturated heterocycles. The van der Waals surface area contributed by atoms with Crippen molar-refractivity contribution in [2.75, 3.05) is 24.1 Å². The zero-order valence-corrected chi connectivity index (χ0v) is 11.1. The van der Waals surface area contributed by atoms with Crippen LogP contribution in [0.15, 0.2) is 22.7 Å². The second kappa shape index (κ2) is 5.40. The van der Waals surface area contributed by atoms with Crippen molar-refractivity contribution in [3.05, 3.63) is 22.7 Å². The molecule has 0 aromatic heterocycles. The monoisotopic (exact) mass is 297 g/mol. The van der Waals surface area contributed by atoms with E-state index in [4.69, 9.17) is 5.73 Å². The standard InChI is InChI=1S/C12H16BrN3O/c13-9-3-4-11(10(14)7-9)15-5-6-16-12(17)8-1-2-8/h3-4,7-8,15H,1-2,5-6,14H2,(H,16,17). The molecule has 4 N–H and O–H groups in total. The van der Waals surface area contributed by atoms with Gasteiger partial charge in [-0.15, -0.1) is 0 Å². The third kappa shape index (κ3) is 3.63. The van der Waals surface area contributed by atoms with Gasteiger partial charge in [0.1, 0.15) is 0 Å². The zero-order chi connectivity index (χ0) is 12.3. The molecule has 5 heteroatoms. The van der Waals surface area contributed by atoms with Crippen LogP contribution in [0.3, 0.4) is 0 Å². The average molecular weight is 298 g/mol. The Bertz CT molecular complexity index is 418. The van der Waals surface area contributed by atoms with E-state index in [0.29, 0.717) is 18.8 Å². The van der Waals surface area contributed by atoms with E-state index in [9.17, 15) is 4.79 Å². The molecule has 92 valence electrons. The normalized spacial score (nSPS) is 14.4. The molecule has 0 radical (unpaired) electrons. The third-order valence-electron chi connectivity index (χ3n) is 2.70. The minimum absolute atomic E-state index is 0.176. The number of hydrogen-bond acceptors (Lipinski definition) is 3. The molecular weight excluding hydrogens is 282 g/mol. The van der Waals surface area contributed by atoms with E-state index in [0.717, 1.165) is 23.0 Å². The molecule has 0 aliphatic heterocycles. The molecule has 0 heterocycles. The Balaban J connectivity index is 1.72. The summed E-state index contributed by atoms with van der Waals surface area (Å²) >= 11 is 3.36. The summed E-state index contributed by atoms with van der Waals surface area (Å²) in [5.41, 5.74) is 7.44. The summed E-state index contributed by atoms with van der Waals surface area (Å²) in [5, 5.41) is 6.09. The molecule has 1 fully saturated rings. The number of benzene rings is 1. The van der Waals surface area contributed by atoms with Crippen molar-refractivity contribution in [1.82, 2.24) is 5.32 Å². The number of anilines is 2. The highest BCUT2D eigenvalue weighted by atomic mass is 79.9. The first-order valence-corrected chi connectivity index (χ1v) is 6.53. The molecule has 1 amide bonds. The summed E-state index contributed by atoms with van der Waals surface area (Å²) in [5.74, 6) is 0.448. The van der Waals surface area contributed by atoms with Crippen LogP contribution in [0.4, 0.5) is 11.4 Å². The van der Waals surface area contributed by atoms with Gasteiger partial charge in [0, 0.05) is 23.5 Å². The minimum atomic E-state index is 0.176. The van der Waals surface area contributed by atoms with Crippen molar-refractivity contribution in [1.29, 1.82) is 0 Å². The first kappa shape index (κ1) is 12.2. The predicted molar refractivity (Wildman–Crippen MR) is 72.8 cm³/mol. The van der Waals surface area contributed by atoms with Crippen LogP contribution < -0.4 is 16.4 Å². The Kier molecular flexibility index (Phi) is 3.89. The number of nitrogens with two attached hydrogens (primary N) is 1. The Morgan fingerprint density at radius 3 is 2.82 bits per heavy atom. The van der Waals surface area contributed by atoms with Gasteiger partial charge in [0.15, 0.2) is 0 Å². The number of halogens is 1. The van der Waals surface area contributed by atoms with Gasteiger partial charge in [0.25, 0.3) is 0 Å². The average Bonchev–Trinajstić information content (AvgIpc) is 3.10. The van der Waals surface area contributed by atoms with E-state index < -0.39 is 0 Å². The van der Waals surface area contributed by atoms with Crippen molar-refractivity contribution in [2.24, 2.45) is 5.92 Å². The predicted octanol–water partition coefficient (Wildman–Crippen LogP) is 1.97. The molecule has 1 aromatic carbocycles. The van der Waals surface area contributed by atoms with Gasteiger partial charge in [-0.05, 0) is 31.0 Å². The number of rotatable bonds is 5. The molecule has 17 heavy (non-hydrogen) atoms. The summed E-state index contributed by atoms with van der Waals surface area (Å²) in [7, 11) is 0. The molecule has 0 bridgehead atoms. The fraction of sp³-hybridized carbons (Fsp3) is 0.417. The Morgan fingerprint density at radius 2 is 2.18 bits per heavy atom. The summed E-state index contributed by atoms with van der Waals surface area (Å²) in [6.45, 7) is 1.31. The molecule has 1 aromatic rings. The molecule has 4 nitrogen and oxygen atoms in total. The molecule has 0 atom stereocenters. The van der Waals surface area contributed by atoms with E-state index in [1.54, 1.807) is 0 Å². The highest BCUT2D eigenvalue weighted by Crippen LogP contribution is 2.28. The number of carbonyl (C=O) groups is 1. The maximum atomic E-state index is 11.4. The molecule has 0 unspecified atom stereocenters. The van der Waals surface area contributed by atoms with E-state index in [-0.39, 0.29) is 11.8 Å². The van der Waals surface area contributed by atoms with Crippen LogP contribution in [0.1, 0.15) is 12.8 Å². The van der Waals surface area contributed by atoms with Crippen molar-refractivity contribution < 1.29 is 4.79 Å². The molecular formula is C12H16BrN3O. The van der Waals surface area contributed by atoms with Crippen LogP contribution in [0, 0.1) is 5.92 Å². The number of nitrogen functional groups attached to an aromatic ring is 1. The summed E-state index contributed by atoms with van der Waals surface area (Å²) < 4.78 is 0.961. The number of amides is 1. The fourth-order valence-electron chi connectivity index (χ4n) is 1.57. The number of hydrogen-bond donors (Lipinski definition) is 3. The largest absolute Gasteiger partial charge is 0.397 e. The topological polar surface area (TPSA) is 67.2 Å². The molecule has 1 aliphatic carbocycles. The van der Waals surface area contributed by atoms with Crippen molar-refractivity contribution in [3.8, 4) is 0 Å². The highest BCUT2D eigenvalue weighted by Gasteiger charge is 2.28. The highest BCUT2D eigenvalue weighted by molar-refractivity contribution is 9.10. The maximum absolute atomic E-state index is 11.4. The summed E-state index contributed by atoms with van der Waals surface area (Å²) in [4.78, 5) is 11.4. The van der Waals surface area contributed by atoms with E-state index in [1.807, 2.05) is 18.2 Å². The molecule has 1 saturated carbocycles. The first-order valence-electron chi connectivity index (χ1n) is 5.73. The summed E-state index contributed by atoms with van der Waals surface area (Å²) in [6, 6.07) is 5.70. The van der Waals surface area contributed by atoms with Gasteiger partial charge in [-0.3, -0.25) is 4.79 Å². The van der Waals surface area contributed by atoms with Gasteiger partial charge < -0.3 is 16.4 Å². The Hall–Kier alpha value is -1.23. The lowest BCUT2D eigenvalue weighted by Gasteiger charge is -2.10. The summed E-state index contributed by atoms with van der Waals surface area (Å²) in [6.07, 6.45) is 2.08. The van der Waals surface area contributed by atoms with Crippen LogP contribution in [0.25, 0.3) is 0 Å². The van der Waals surface area contributed by atoms with E-state index in [2.05, 4.69) is 26.6 Å². The fourth-order valence-corrected chi connectivity index (χ4v) is 1.95. The van der Waals surface area contributed by atoms with Gasteiger partial charge in [0.2, 0.25) is 5.91 Å². The van der Waals surface area contributed by atoms with Crippen LogP contribution in [0.2, 0.25) is 0 Å². The van der Waals surface area contributed by atoms with Crippen LogP contribution in [-0.2, 0) is 4.79 Å². The van der Waals surface area contributed by atoms with Gasteiger partial charge in [-0.1, -0.05) is 15.9 Å². The molecule has 1 aliphatic rings. The molecule has 2 rings (SSSR count). The number of nitrogens with one attached hydrogen (secondary N) is 2. The van der Waals surface area contributed by atoms with Crippen LogP contribution in [-0.4, -0.2) is 19.0 Å². The van der Waals surface area contributed by atoms with Gasteiger partial charge in [-0.2, -0.15) is 0 Å². The third-order valence-corrected chi connectivity index (χ3v) is 3.19. The van der Waals surface area contributed by atoms with Crippen molar-refractivity contribution in [3.63, 3.8) is 0 Å². The van der Waals surface area contributed by atoms with E-state index in [1.165, 1.54) is 0 Å². The van der Waals surface area contributed by atoms with Crippen LogP contribution >= 0.6 is 15.9 Å². The maximum Gasteiger partial charge on any atom is 0.223 e. The second-order valence-corrected chi connectivity index (χ2v) is 5.14. The first-order chi connectivity index (χ1) is 8.16. The van der Waals surface area contributed by atoms with Crippen molar-refractivity contribution >= 4 is 33.2 Å². The Labute approximate surface area is 109 Å². The SMILES string of the molecule is Nc1cc(Br)ccc1NCCNC(=O)C1CC1. The zero-order valence-electron chi connectivity index (χ0n) is 9.50. The Morgan fingerprint density at radius 1 is 1.41 bits per heavy atom.